The standard InChI is InChI=1S/C22H24N8/c23-11-15-9-16(12-27-20(15)24)17-10-18-22(4-8-30(18)28-17)3-7-29(13-22)19(14-1-2-14)21-25-5-6-26-21/h5-6,9-10,12,14,19H,1-4,7-8,13H2,(H2,24,27)(H,25,26)/t19-,22+/m0/s1. The van der Waals surface area contributed by atoms with Gasteiger partial charge in [0.05, 0.1) is 17.3 Å². The average molecular weight is 400 g/mol. The van der Waals surface area contributed by atoms with E-state index >= 15 is 0 Å². The van der Waals surface area contributed by atoms with Gasteiger partial charge in [0.1, 0.15) is 17.7 Å². The van der Waals surface area contributed by atoms with Crippen molar-refractivity contribution in [2.24, 2.45) is 5.92 Å². The van der Waals surface area contributed by atoms with Crippen LogP contribution in [-0.4, -0.2) is 42.7 Å². The second-order valence-corrected chi connectivity index (χ2v) is 8.91. The van der Waals surface area contributed by atoms with E-state index in [2.05, 4.69) is 36.7 Å². The number of aromatic nitrogens is 5. The molecule has 2 atom stereocenters. The minimum absolute atomic E-state index is 0.143. The highest BCUT2D eigenvalue weighted by Gasteiger charge is 2.49. The summed E-state index contributed by atoms with van der Waals surface area (Å²) in [7, 11) is 0. The first-order valence-electron chi connectivity index (χ1n) is 10.6. The number of hydrogen-bond acceptors (Lipinski definition) is 6. The van der Waals surface area contributed by atoms with Crippen LogP contribution >= 0.6 is 0 Å². The van der Waals surface area contributed by atoms with E-state index in [1.54, 1.807) is 12.3 Å². The van der Waals surface area contributed by atoms with Crippen molar-refractivity contribution in [2.75, 3.05) is 18.8 Å². The Morgan fingerprint density at radius 2 is 2.10 bits per heavy atom. The molecule has 0 unspecified atom stereocenters. The monoisotopic (exact) mass is 400 g/mol. The smallest absolute Gasteiger partial charge is 0.141 e. The summed E-state index contributed by atoms with van der Waals surface area (Å²) in [6, 6.07) is 6.50. The first-order valence-corrected chi connectivity index (χ1v) is 10.6. The average Bonchev–Trinajstić information content (AvgIpc) is 3.14. The Kier molecular flexibility index (Phi) is 3.77. The van der Waals surface area contributed by atoms with Gasteiger partial charge in [-0.05, 0) is 50.3 Å². The maximum atomic E-state index is 9.27. The number of aryl methyl sites for hydroxylation is 1. The summed E-state index contributed by atoms with van der Waals surface area (Å²) >= 11 is 0. The molecule has 6 rings (SSSR count). The molecular formula is C22H24N8. The molecule has 1 saturated heterocycles. The fourth-order valence-electron chi connectivity index (χ4n) is 5.41. The molecule has 5 heterocycles. The first-order chi connectivity index (χ1) is 14.7. The van der Waals surface area contributed by atoms with Crippen molar-refractivity contribution in [2.45, 2.75) is 43.7 Å². The predicted octanol–water partition coefficient (Wildman–Crippen LogP) is 2.62. The molecule has 2 aliphatic heterocycles. The molecule has 3 aromatic heterocycles. The van der Waals surface area contributed by atoms with Crippen molar-refractivity contribution in [1.29, 1.82) is 5.26 Å². The highest BCUT2D eigenvalue weighted by molar-refractivity contribution is 5.65. The normalized spacial score (nSPS) is 24.2. The molecule has 1 aliphatic carbocycles. The summed E-state index contributed by atoms with van der Waals surface area (Å²) in [5.74, 6) is 2.09. The Morgan fingerprint density at radius 1 is 1.23 bits per heavy atom. The molecule has 3 N–H and O–H groups in total. The number of anilines is 1. The summed E-state index contributed by atoms with van der Waals surface area (Å²) in [6.07, 6.45) is 10.4. The molecule has 1 saturated carbocycles. The van der Waals surface area contributed by atoms with Gasteiger partial charge in [0.15, 0.2) is 0 Å². The van der Waals surface area contributed by atoms with Crippen molar-refractivity contribution in [3.63, 3.8) is 0 Å². The molecule has 8 nitrogen and oxygen atoms in total. The van der Waals surface area contributed by atoms with Crippen LogP contribution in [0.4, 0.5) is 5.82 Å². The molecule has 2 fully saturated rings. The number of aromatic amines is 1. The molecule has 0 amide bonds. The van der Waals surface area contributed by atoms with Crippen LogP contribution in [0.2, 0.25) is 0 Å². The van der Waals surface area contributed by atoms with Crippen LogP contribution in [0.15, 0.2) is 30.7 Å². The van der Waals surface area contributed by atoms with E-state index in [4.69, 9.17) is 10.8 Å². The lowest BCUT2D eigenvalue weighted by molar-refractivity contribution is 0.198. The maximum absolute atomic E-state index is 9.27. The van der Waals surface area contributed by atoms with Crippen molar-refractivity contribution < 1.29 is 0 Å². The van der Waals surface area contributed by atoms with Crippen molar-refractivity contribution >= 4 is 5.82 Å². The van der Waals surface area contributed by atoms with E-state index in [1.165, 1.54) is 18.5 Å². The molecule has 1 spiro atoms. The van der Waals surface area contributed by atoms with Crippen LogP contribution in [0.3, 0.4) is 0 Å². The quantitative estimate of drug-likeness (QED) is 0.696. The second kappa shape index (κ2) is 6.41. The van der Waals surface area contributed by atoms with E-state index in [0.29, 0.717) is 11.6 Å². The van der Waals surface area contributed by atoms with Gasteiger partial charge in [0, 0.05) is 48.4 Å². The van der Waals surface area contributed by atoms with Gasteiger partial charge in [-0.25, -0.2) is 9.97 Å². The van der Waals surface area contributed by atoms with E-state index in [-0.39, 0.29) is 11.2 Å². The number of pyridine rings is 1. The van der Waals surface area contributed by atoms with Crippen LogP contribution in [-0.2, 0) is 12.0 Å². The number of fused-ring (bicyclic) bond motifs is 2. The highest BCUT2D eigenvalue weighted by atomic mass is 15.3. The largest absolute Gasteiger partial charge is 0.383 e. The van der Waals surface area contributed by atoms with Gasteiger partial charge in [-0.1, -0.05) is 0 Å². The second-order valence-electron chi connectivity index (χ2n) is 8.91. The number of nitrogens with one attached hydrogen (secondary N) is 1. The lowest BCUT2D eigenvalue weighted by Crippen LogP contribution is -2.33. The Morgan fingerprint density at radius 3 is 2.87 bits per heavy atom. The Balaban J connectivity index is 1.31. The molecular weight excluding hydrogens is 376 g/mol. The third-order valence-corrected chi connectivity index (χ3v) is 7.10. The van der Waals surface area contributed by atoms with Crippen LogP contribution in [0.25, 0.3) is 11.3 Å². The molecule has 3 aliphatic rings. The minimum Gasteiger partial charge on any atom is -0.383 e. The summed E-state index contributed by atoms with van der Waals surface area (Å²) in [6.45, 7) is 3.07. The summed E-state index contributed by atoms with van der Waals surface area (Å²) < 4.78 is 2.15. The SMILES string of the molecule is N#Cc1cc(-c2cc3n(n2)CC[C@@]32CCN([C@H](c3ncc[nH]3)C3CC3)C2)cnc1N. The van der Waals surface area contributed by atoms with Gasteiger partial charge in [-0.2, -0.15) is 10.4 Å². The van der Waals surface area contributed by atoms with Crippen LogP contribution < -0.4 is 5.73 Å². The summed E-state index contributed by atoms with van der Waals surface area (Å²) in [5.41, 5.74) is 9.35. The van der Waals surface area contributed by atoms with Gasteiger partial charge >= 0.3 is 0 Å². The molecule has 8 heteroatoms. The number of nitrogens with two attached hydrogens (primary N) is 1. The fourth-order valence-corrected chi connectivity index (χ4v) is 5.41. The van der Waals surface area contributed by atoms with E-state index < -0.39 is 0 Å². The van der Waals surface area contributed by atoms with E-state index in [0.717, 1.165) is 55.5 Å². The third-order valence-electron chi connectivity index (χ3n) is 7.10. The topological polar surface area (TPSA) is 112 Å². The van der Waals surface area contributed by atoms with Crippen LogP contribution in [0.1, 0.15) is 48.8 Å². The zero-order chi connectivity index (χ0) is 20.3. The van der Waals surface area contributed by atoms with Gasteiger partial charge in [0.2, 0.25) is 0 Å². The molecule has 0 aromatic carbocycles. The predicted molar refractivity (Wildman–Crippen MR) is 111 cm³/mol. The number of hydrogen-bond donors (Lipinski definition) is 2. The highest BCUT2D eigenvalue weighted by Crippen LogP contribution is 2.50. The number of imidazole rings is 1. The third kappa shape index (κ3) is 2.66. The summed E-state index contributed by atoms with van der Waals surface area (Å²) in [4.78, 5) is 14.8. The Labute approximate surface area is 174 Å². The van der Waals surface area contributed by atoms with Crippen molar-refractivity contribution in [3.05, 3.63) is 47.8 Å². The number of nitriles is 1. The zero-order valence-corrected chi connectivity index (χ0v) is 16.8. The molecule has 30 heavy (non-hydrogen) atoms. The lowest BCUT2D eigenvalue weighted by atomic mass is 9.82. The molecule has 3 aromatic rings. The van der Waals surface area contributed by atoms with E-state index in [9.17, 15) is 5.26 Å². The number of H-pyrrole nitrogens is 1. The molecule has 0 bridgehead atoms. The molecule has 0 radical (unpaired) electrons. The first kappa shape index (κ1) is 17.7. The Bertz CT molecular complexity index is 1140. The molecule has 152 valence electrons. The Hall–Kier alpha value is -3.18. The van der Waals surface area contributed by atoms with Gasteiger partial charge in [-0.3, -0.25) is 9.58 Å². The van der Waals surface area contributed by atoms with Gasteiger partial charge in [0.25, 0.3) is 0 Å². The zero-order valence-electron chi connectivity index (χ0n) is 16.8. The number of nitrogen functional groups attached to an aromatic ring is 1. The number of nitrogens with zero attached hydrogens (tertiary/aromatic N) is 6. The van der Waals surface area contributed by atoms with Gasteiger partial charge in [-0.15, -0.1) is 0 Å². The number of rotatable bonds is 4. The van der Waals surface area contributed by atoms with Gasteiger partial charge < -0.3 is 10.7 Å². The fraction of sp³-hybridized carbons (Fsp3) is 0.455. The van der Waals surface area contributed by atoms with Crippen molar-refractivity contribution in [1.82, 2.24) is 29.6 Å². The maximum Gasteiger partial charge on any atom is 0.141 e. The minimum atomic E-state index is 0.143. The van der Waals surface area contributed by atoms with Crippen molar-refractivity contribution in [3.8, 4) is 17.3 Å². The van der Waals surface area contributed by atoms with E-state index in [1.807, 2.05) is 12.4 Å². The summed E-state index contributed by atoms with van der Waals surface area (Å²) in [5, 5.41) is 14.1. The van der Waals surface area contributed by atoms with Crippen LogP contribution in [0.5, 0.6) is 0 Å². The number of likely N-dealkylation sites (tertiary alicyclic amines) is 1. The lowest BCUT2D eigenvalue weighted by Gasteiger charge is -2.29. The van der Waals surface area contributed by atoms with Crippen LogP contribution in [0, 0.1) is 17.2 Å².